The van der Waals surface area contributed by atoms with Crippen LogP contribution in [0.15, 0.2) is 0 Å². The Kier molecular flexibility index (Phi) is 7.39. The van der Waals surface area contributed by atoms with Crippen LogP contribution in [0.2, 0.25) is 0 Å². The quantitative estimate of drug-likeness (QED) is 0.628. The first-order valence-corrected chi connectivity index (χ1v) is 7.92. The zero-order valence-corrected chi connectivity index (χ0v) is 12.7. The van der Waals surface area contributed by atoms with Gasteiger partial charge in [0.1, 0.15) is 0 Å². The van der Waals surface area contributed by atoms with Crippen LogP contribution in [-0.2, 0) is 4.79 Å². The SMILES string of the molecule is CCCN(CCC)CCCNC(=O)C1(N)CCCC1. The summed E-state index contributed by atoms with van der Waals surface area (Å²) in [6.45, 7) is 8.55. The smallest absolute Gasteiger partial charge is 0.240 e. The maximum absolute atomic E-state index is 12.0. The Morgan fingerprint density at radius 3 is 2.26 bits per heavy atom. The Morgan fingerprint density at radius 2 is 1.74 bits per heavy atom. The lowest BCUT2D eigenvalue weighted by Crippen LogP contribution is -2.52. The molecule has 0 aromatic heterocycles. The second kappa shape index (κ2) is 8.54. The first kappa shape index (κ1) is 16.4. The fraction of sp³-hybridized carbons (Fsp3) is 0.933. The molecule has 19 heavy (non-hydrogen) atoms. The molecule has 0 aromatic carbocycles. The van der Waals surface area contributed by atoms with Crippen molar-refractivity contribution in [1.29, 1.82) is 0 Å². The molecule has 1 saturated carbocycles. The summed E-state index contributed by atoms with van der Waals surface area (Å²) in [5.74, 6) is 0.0579. The van der Waals surface area contributed by atoms with E-state index in [9.17, 15) is 4.79 Å². The molecule has 0 atom stereocenters. The van der Waals surface area contributed by atoms with E-state index in [0.29, 0.717) is 0 Å². The summed E-state index contributed by atoms with van der Waals surface area (Å²) in [5, 5.41) is 3.01. The third kappa shape index (κ3) is 5.49. The number of hydrogen-bond acceptors (Lipinski definition) is 3. The summed E-state index contributed by atoms with van der Waals surface area (Å²) in [4.78, 5) is 14.5. The molecule has 0 aliphatic heterocycles. The molecule has 1 rings (SSSR count). The van der Waals surface area contributed by atoms with E-state index in [2.05, 4.69) is 24.1 Å². The monoisotopic (exact) mass is 269 g/mol. The molecule has 0 spiro atoms. The van der Waals surface area contributed by atoms with Gasteiger partial charge in [-0.15, -0.1) is 0 Å². The highest BCUT2D eigenvalue weighted by molar-refractivity contribution is 5.86. The van der Waals surface area contributed by atoms with Crippen LogP contribution in [0.1, 0.15) is 58.8 Å². The van der Waals surface area contributed by atoms with Gasteiger partial charge in [-0.25, -0.2) is 0 Å². The van der Waals surface area contributed by atoms with Gasteiger partial charge in [0.25, 0.3) is 0 Å². The third-order valence-electron chi connectivity index (χ3n) is 3.96. The third-order valence-corrected chi connectivity index (χ3v) is 3.96. The van der Waals surface area contributed by atoms with Crippen LogP contribution in [0.5, 0.6) is 0 Å². The minimum Gasteiger partial charge on any atom is -0.354 e. The molecule has 3 N–H and O–H groups in total. The number of hydrogen-bond donors (Lipinski definition) is 2. The van der Waals surface area contributed by atoms with Crippen molar-refractivity contribution in [3.63, 3.8) is 0 Å². The maximum atomic E-state index is 12.0. The molecule has 0 saturated heterocycles. The van der Waals surface area contributed by atoms with E-state index in [1.54, 1.807) is 0 Å². The van der Waals surface area contributed by atoms with Crippen LogP contribution < -0.4 is 11.1 Å². The van der Waals surface area contributed by atoms with Crippen molar-refractivity contribution in [2.75, 3.05) is 26.2 Å². The largest absolute Gasteiger partial charge is 0.354 e. The number of amides is 1. The molecule has 0 heterocycles. The van der Waals surface area contributed by atoms with Gasteiger partial charge in [-0.2, -0.15) is 0 Å². The van der Waals surface area contributed by atoms with Gasteiger partial charge in [-0.05, 0) is 51.7 Å². The summed E-state index contributed by atoms with van der Waals surface area (Å²) in [7, 11) is 0. The normalized spacial score (nSPS) is 17.9. The first-order valence-electron chi connectivity index (χ1n) is 7.92. The van der Waals surface area contributed by atoms with E-state index in [-0.39, 0.29) is 5.91 Å². The lowest BCUT2D eigenvalue weighted by Gasteiger charge is -2.24. The van der Waals surface area contributed by atoms with Crippen molar-refractivity contribution < 1.29 is 4.79 Å². The molecule has 1 aliphatic carbocycles. The fourth-order valence-corrected chi connectivity index (χ4v) is 2.88. The van der Waals surface area contributed by atoms with E-state index in [0.717, 1.165) is 58.3 Å². The molecule has 112 valence electrons. The summed E-state index contributed by atoms with van der Waals surface area (Å²) in [6.07, 6.45) is 7.26. The predicted molar refractivity (Wildman–Crippen MR) is 80.0 cm³/mol. The number of nitrogens with two attached hydrogens (primary N) is 1. The Morgan fingerprint density at radius 1 is 1.16 bits per heavy atom. The van der Waals surface area contributed by atoms with Crippen molar-refractivity contribution >= 4 is 5.91 Å². The first-order chi connectivity index (χ1) is 9.12. The van der Waals surface area contributed by atoms with Crippen molar-refractivity contribution in [1.82, 2.24) is 10.2 Å². The van der Waals surface area contributed by atoms with E-state index < -0.39 is 5.54 Å². The van der Waals surface area contributed by atoms with E-state index in [1.807, 2.05) is 0 Å². The van der Waals surface area contributed by atoms with E-state index in [1.165, 1.54) is 12.8 Å². The second-order valence-corrected chi connectivity index (χ2v) is 5.81. The Balaban J connectivity index is 2.17. The van der Waals surface area contributed by atoms with Crippen molar-refractivity contribution in [3.05, 3.63) is 0 Å². The highest BCUT2D eigenvalue weighted by Gasteiger charge is 2.36. The lowest BCUT2D eigenvalue weighted by molar-refractivity contribution is -0.126. The number of nitrogens with zero attached hydrogens (tertiary/aromatic N) is 1. The van der Waals surface area contributed by atoms with Crippen LogP contribution in [0.25, 0.3) is 0 Å². The van der Waals surface area contributed by atoms with E-state index >= 15 is 0 Å². The van der Waals surface area contributed by atoms with Crippen molar-refractivity contribution in [2.24, 2.45) is 5.73 Å². The predicted octanol–water partition coefficient (Wildman–Crippen LogP) is 1.89. The zero-order valence-electron chi connectivity index (χ0n) is 12.7. The number of rotatable bonds is 9. The maximum Gasteiger partial charge on any atom is 0.240 e. The molecule has 0 bridgehead atoms. The topological polar surface area (TPSA) is 58.4 Å². The van der Waals surface area contributed by atoms with Crippen molar-refractivity contribution in [2.45, 2.75) is 64.3 Å². The Bertz CT molecular complexity index is 256. The summed E-state index contributed by atoms with van der Waals surface area (Å²) >= 11 is 0. The van der Waals surface area contributed by atoms with Crippen LogP contribution in [0.4, 0.5) is 0 Å². The fourth-order valence-electron chi connectivity index (χ4n) is 2.88. The molecule has 1 aliphatic rings. The average molecular weight is 269 g/mol. The summed E-state index contributed by atoms with van der Waals surface area (Å²) < 4.78 is 0. The Labute approximate surface area is 118 Å². The standard InChI is InChI=1S/C15H31N3O/c1-3-11-18(12-4-2)13-7-10-17-14(19)15(16)8-5-6-9-15/h3-13,16H2,1-2H3,(H,17,19). The van der Waals surface area contributed by atoms with Gasteiger partial charge in [0.2, 0.25) is 5.91 Å². The molecule has 1 fully saturated rings. The number of nitrogens with one attached hydrogen (secondary N) is 1. The second-order valence-electron chi connectivity index (χ2n) is 5.81. The molecule has 0 aromatic rings. The number of carbonyl (C=O) groups is 1. The van der Waals surface area contributed by atoms with Gasteiger partial charge in [-0.3, -0.25) is 4.79 Å². The van der Waals surface area contributed by atoms with E-state index in [4.69, 9.17) is 5.73 Å². The van der Waals surface area contributed by atoms with Crippen LogP contribution in [0.3, 0.4) is 0 Å². The van der Waals surface area contributed by atoms with Gasteiger partial charge in [-0.1, -0.05) is 26.7 Å². The van der Waals surface area contributed by atoms with Crippen molar-refractivity contribution in [3.8, 4) is 0 Å². The van der Waals surface area contributed by atoms with Crippen LogP contribution >= 0.6 is 0 Å². The van der Waals surface area contributed by atoms with Gasteiger partial charge in [0, 0.05) is 6.54 Å². The van der Waals surface area contributed by atoms with Crippen LogP contribution in [0, 0.1) is 0 Å². The van der Waals surface area contributed by atoms with Gasteiger partial charge < -0.3 is 16.0 Å². The Hall–Kier alpha value is -0.610. The molecule has 0 unspecified atom stereocenters. The molecule has 1 amide bonds. The highest BCUT2D eigenvalue weighted by atomic mass is 16.2. The lowest BCUT2D eigenvalue weighted by atomic mass is 9.98. The molecular formula is C15H31N3O. The minimum atomic E-state index is -0.577. The zero-order chi connectivity index (χ0) is 14.1. The van der Waals surface area contributed by atoms with Gasteiger partial charge in [0.05, 0.1) is 5.54 Å². The summed E-state index contributed by atoms with van der Waals surface area (Å²) in [5.41, 5.74) is 5.54. The molecule has 4 nitrogen and oxygen atoms in total. The van der Waals surface area contributed by atoms with Crippen LogP contribution in [-0.4, -0.2) is 42.5 Å². The van der Waals surface area contributed by atoms with Gasteiger partial charge in [0.15, 0.2) is 0 Å². The molecule has 4 heteroatoms. The van der Waals surface area contributed by atoms with Gasteiger partial charge >= 0.3 is 0 Å². The molecule has 0 radical (unpaired) electrons. The number of carbonyl (C=O) groups excluding carboxylic acids is 1. The molecular weight excluding hydrogens is 238 g/mol. The average Bonchev–Trinajstić information content (AvgIpc) is 2.83. The highest BCUT2D eigenvalue weighted by Crippen LogP contribution is 2.27. The minimum absolute atomic E-state index is 0.0579. The summed E-state index contributed by atoms with van der Waals surface area (Å²) in [6, 6.07) is 0.